The standard InChI is InChI=1S/C31H35N5O3/c1-4-25-26(21-9-11-22(12-10-21)35-15-17-39-18-16-35)27-28(20(2)3)33-36(30(27)32-29(25)31(37)38)24-8-5-7-23(19-24)34-13-6-14-34/h5,7-12,19-20H,4,6,13-18H2,1-3H3,(H,37,38). The zero-order chi connectivity index (χ0) is 27.1. The summed E-state index contributed by atoms with van der Waals surface area (Å²) in [6, 6.07) is 16.8. The van der Waals surface area contributed by atoms with Gasteiger partial charge in [0.25, 0.3) is 0 Å². The fraction of sp³-hybridized carbons (Fsp3) is 0.387. The molecule has 0 bridgehead atoms. The highest BCUT2D eigenvalue weighted by Crippen LogP contribution is 2.39. The summed E-state index contributed by atoms with van der Waals surface area (Å²) in [6.45, 7) is 11.5. The number of pyridine rings is 1. The van der Waals surface area contributed by atoms with Crippen LogP contribution in [0.2, 0.25) is 0 Å². The molecule has 2 aliphatic rings. The second-order valence-electron chi connectivity index (χ2n) is 10.6. The quantitative estimate of drug-likeness (QED) is 0.340. The summed E-state index contributed by atoms with van der Waals surface area (Å²) in [5.41, 5.74) is 7.42. The van der Waals surface area contributed by atoms with Gasteiger partial charge in [0.05, 0.1) is 30.0 Å². The van der Waals surface area contributed by atoms with E-state index in [0.29, 0.717) is 12.1 Å². The van der Waals surface area contributed by atoms with Gasteiger partial charge in [0.2, 0.25) is 0 Å². The Morgan fingerprint density at radius 1 is 0.974 bits per heavy atom. The number of nitrogens with zero attached hydrogens (tertiary/aromatic N) is 5. The summed E-state index contributed by atoms with van der Waals surface area (Å²) in [6.07, 6.45) is 1.75. The van der Waals surface area contributed by atoms with Crippen LogP contribution in [-0.4, -0.2) is 65.2 Å². The van der Waals surface area contributed by atoms with E-state index in [1.807, 2.05) is 23.7 Å². The average molecular weight is 526 g/mol. The third-order valence-electron chi connectivity index (χ3n) is 7.87. The SMILES string of the molecule is CCc1c(C(=O)O)nc2c(c(C(C)C)nn2-c2cccc(N3CCC3)c2)c1-c1ccc(N2CCOCC2)cc1. The second kappa shape index (κ2) is 10.3. The van der Waals surface area contributed by atoms with Gasteiger partial charge in [-0.1, -0.05) is 39.0 Å². The zero-order valence-electron chi connectivity index (χ0n) is 22.9. The number of morpholine rings is 1. The van der Waals surface area contributed by atoms with Crippen molar-refractivity contribution in [1.29, 1.82) is 0 Å². The molecule has 2 fully saturated rings. The Labute approximate surface area is 228 Å². The molecule has 8 heteroatoms. The highest BCUT2D eigenvalue weighted by atomic mass is 16.5. The van der Waals surface area contributed by atoms with E-state index < -0.39 is 5.97 Å². The van der Waals surface area contributed by atoms with E-state index in [9.17, 15) is 9.90 Å². The molecule has 2 aromatic carbocycles. The molecule has 2 saturated heterocycles. The third-order valence-corrected chi connectivity index (χ3v) is 7.87. The topological polar surface area (TPSA) is 83.7 Å². The number of ether oxygens (including phenoxy) is 1. The van der Waals surface area contributed by atoms with Crippen LogP contribution in [0, 0.1) is 0 Å². The molecule has 6 rings (SSSR count). The first-order valence-corrected chi connectivity index (χ1v) is 13.9. The van der Waals surface area contributed by atoms with Crippen molar-refractivity contribution in [3.63, 3.8) is 0 Å². The monoisotopic (exact) mass is 525 g/mol. The number of aromatic nitrogens is 3. The first-order valence-electron chi connectivity index (χ1n) is 13.9. The fourth-order valence-corrected chi connectivity index (χ4v) is 5.69. The second-order valence-corrected chi connectivity index (χ2v) is 10.6. The summed E-state index contributed by atoms with van der Waals surface area (Å²) < 4.78 is 7.36. The molecule has 0 aliphatic carbocycles. The molecule has 2 aromatic heterocycles. The van der Waals surface area contributed by atoms with Gasteiger partial charge in [0.15, 0.2) is 11.3 Å². The van der Waals surface area contributed by atoms with Crippen molar-refractivity contribution in [2.24, 2.45) is 0 Å². The molecule has 0 saturated carbocycles. The lowest BCUT2D eigenvalue weighted by molar-refractivity contribution is 0.0689. The Kier molecular flexibility index (Phi) is 6.73. The van der Waals surface area contributed by atoms with Gasteiger partial charge < -0.3 is 19.6 Å². The van der Waals surface area contributed by atoms with Crippen LogP contribution in [-0.2, 0) is 11.2 Å². The molecule has 39 heavy (non-hydrogen) atoms. The number of hydrogen-bond acceptors (Lipinski definition) is 6. The van der Waals surface area contributed by atoms with Gasteiger partial charge in [0.1, 0.15) is 0 Å². The number of hydrogen-bond donors (Lipinski definition) is 1. The highest BCUT2D eigenvalue weighted by Gasteiger charge is 2.27. The molecule has 202 valence electrons. The number of aromatic carboxylic acids is 1. The summed E-state index contributed by atoms with van der Waals surface area (Å²) >= 11 is 0. The number of carboxylic acids is 1. The summed E-state index contributed by atoms with van der Waals surface area (Å²) in [5, 5.41) is 16.3. The average Bonchev–Trinajstić information content (AvgIpc) is 3.31. The van der Waals surface area contributed by atoms with Gasteiger partial charge in [0, 0.05) is 43.1 Å². The van der Waals surface area contributed by atoms with E-state index in [1.54, 1.807) is 0 Å². The van der Waals surface area contributed by atoms with Gasteiger partial charge in [-0.3, -0.25) is 0 Å². The maximum atomic E-state index is 12.5. The number of rotatable bonds is 7. The largest absolute Gasteiger partial charge is 0.477 e. The summed E-state index contributed by atoms with van der Waals surface area (Å²) in [5.74, 6) is -0.894. The number of anilines is 2. The van der Waals surface area contributed by atoms with Crippen LogP contribution in [0.25, 0.3) is 27.8 Å². The number of carboxylic acid groups (broad SMARTS) is 1. The van der Waals surface area contributed by atoms with E-state index in [2.05, 4.69) is 60.0 Å². The first-order chi connectivity index (χ1) is 19.0. The van der Waals surface area contributed by atoms with Crippen LogP contribution in [0.4, 0.5) is 11.4 Å². The highest BCUT2D eigenvalue weighted by molar-refractivity contribution is 6.03. The van der Waals surface area contributed by atoms with Crippen LogP contribution in [0.15, 0.2) is 48.5 Å². The molecular formula is C31H35N5O3. The molecule has 0 radical (unpaired) electrons. The smallest absolute Gasteiger partial charge is 0.354 e. The van der Waals surface area contributed by atoms with Gasteiger partial charge in [-0.05, 0) is 60.2 Å². The normalized spacial score (nSPS) is 15.7. The molecule has 1 N–H and O–H groups in total. The van der Waals surface area contributed by atoms with Crippen molar-refractivity contribution in [1.82, 2.24) is 14.8 Å². The number of fused-ring (bicyclic) bond motifs is 1. The molecular weight excluding hydrogens is 490 g/mol. The van der Waals surface area contributed by atoms with Crippen LogP contribution in [0.3, 0.4) is 0 Å². The summed E-state index contributed by atoms with van der Waals surface area (Å²) in [4.78, 5) is 22.0. The van der Waals surface area contributed by atoms with E-state index in [4.69, 9.17) is 14.8 Å². The maximum Gasteiger partial charge on any atom is 0.354 e. The first kappa shape index (κ1) is 25.4. The molecule has 4 heterocycles. The Bertz CT molecular complexity index is 1520. The molecule has 0 atom stereocenters. The van der Waals surface area contributed by atoms with Crippen LogP contribution < -0.4 is 9.80 Å². The van der Waals surface area contributed by atoms with Crippen LogP contribution in [0.5, 0.6) is 0 Å². The van der Waals surface area contributed by atoms with E-state index in [-0.39, 0.29) is 11.6 Å². The number of carbonyl (C=O) groups is 1. The van der Waals surface area contributed by atoms with Gasteiger partial charge in [-0.25, -0.2) is 14.5 Å². The minimum atomic E-state index is -1.02. The van der Waals surface area contributed by atoms with E-state index in [0.717, 1.165) is 84.2 Å². The molecule has 4 aromatic rings. The Balaban J connectivity index is 1.58. The predicted octanol–water partition coefficient (Wildman–Crippen LogP) is 5.52. The lowest BCUT2D eigenvalue weighted by atomic mass is 9.91. The lowest BCUT2D eigenvalue weighted by Crippen LogP contribution is -2.36. The van der Waals surface area contributed by atoms with Crippen molar-refractivity contribution >= 4 is 28.4 Å². The fourth-order valence-electron chi connectivity index (χ4n) is 5.69. The number of benzene rings is 2. The van der Waals surface area contributed by atoms with Crippen LogP contribution in [0.1, 0.15) is 54.9 Å². The molecule has 8 nitrogen and oxygen atoms in total. The lowest BCUT2D eigenvalue weighted by Gasteiger charge is -2.33. The van der Waals surface area contributed by atoms with Crippen molar-refractivity contribution in [3.05, 3.63) is 65.5 Å². The van der Waals surface area contributed by atoms with E-state index >= 15 is 0 Å². The van der Waals surface area contributed by atoms with E-state index in [1.165, 1.54) is 6.42 Å². The van der Waals surface area contributed by atoms with Gasteiger partial charge >= 0.3 is 5.97 Å². The minimum absolute atomic E-state index is 0.0904. The van der Waals surface area contributed by atoms with Crippen molar-refractivity contribution < 1.29 is 14.6 Å². The maximum absolute atomic E-state index is 12.5. The minimum Gasteiger partial charge on any atom is -0.477 e. The van der Waals surface area contributed by atoms with Crippen molar-refractivity contribution in [2.75, 3.05) is 49.2 Å². The van der Waals surface area contributed by atoms with Crippen LogP contribution >= 0.6 is 0 Å². The van der Waals surface area contributed by atoms with Gasteiger partial charge in [-0.2, -0.15) is 5.10 Å². The summed E-state index contributed by atoms with van der Waals surface area (Å²) in [7, 11) is 0. The predicted molar refractivity (Wildman–Crippen MR) is 155 cm³/mol. The molecule has 0 amide bonds. The molecule has 0 unspecified atom stereocenters. The van der Waals surface area contributed by atoms with Crippen molar-refractivity contribution in [2.45, 2.75) is 39.5 Å². The molecule has 2 aliphatic heterocycles. The molecule has 0 spiro atoms. The Morgan fingerprint density at radius 3 is 2.28 bits per heavy atom. The third kappa shape index (κ3) is 4.52. The van der Waals surface area contributed by atoms with Gasteiger partial charge in [-0.15, -0.1) is 0 Å². The van der Waals surface area contributed by atoms with Crippen molar-refractivity contribution in [3.8, 4) is 16.8 Å². The Hall–Kier alpha value is -3.91. The Morgan fingerprint density at radius 2 is 1.67 bits per heavy atom. The zero-order valence-corrected chi connectivity index (χ0v) is 22.9.